The van der Waals surface area contributed by atoms with Crippen molar-refractivity contribution in [1.29, 1.82) is 0 Å². The highest BCUT2D eigenvalue weighted by Crippen LogP contribution is 2.26. The van der Waals surface area contributed by atoms with Gasteiger partial charge in [-0.15, -0.1) is 0 Å². The van der Waals surface area contributed by atoms with Gasteiger partial charge in [-0.1, -0.05) is 27.7 Å². The van der Waals surface area contributed by atoms with Crippen LogP contribution in [-0.4, -0.2) is 41.6 Å². The molecule has 0 spiro atoms. The van der Waals surface area contributed by atoms with Crippen LogP contribution in [0.15, 0.2) is 0 Å². The van der Waals surface area contributed by atoms with Crippen LogP contribution in [0.1, 0.15) is 59.8 Å². The molecule has 0 radical (unpaired) electrons. The second-order valence-corrected chi connectivity index (χ2v) is 6.12. The highest BCUT2D eigenvalue weighted by Gasteiger charge is 2.20. The fourth-order valence-electron chi connectivity index (χ4n) is 2.21. The molecule has 0 aromatic carbocycles. The molecule has 118 valence electrons. The van der Waals surface area contributed by atoms with Crippen molar-refractivity contribution in [2.45, 2.75) is 65.8 Å². The molecular formula is C15H30N2O3. The number of carboxylic acids is 1. The van der Waals surface area contributed by atoms with Crippen LogP contribution in [0.3, 0.4) is 0 Å². The number of carbonyl (C=O) groups is 2. The maximum absolute atomic E-state index is 12.0. The summed E-state index contributed by atoms with van der Waals surface area (Å²) in [7, 11) is 1.82. The molecule has 20 heavy (non-hydrogen) atoms. The van der Waals surface area contributed by atoms with Gasteiger partial charge in [0, 0.05) is 26.1 Å². The molecule has 0 bridgehead atoms. The quantitative estimate of drug-likeness (QED) is 0.684. The van der Waals surface area contributed by atoms with Gasteiger partial charge in [0.2, 0.25) is 0 Å². The van der Waals surface area contributed by atoms with Crippen molar-refractivity contribution in [2.24, 2.45) is 5.41 Å². The van der Waals surface area contributed by atoms with Gasteiger partial charge in [-0.25, -0.2) is 4.79 Å². The summed E-state index contributed by atoms with van der Waals surface area (Å²) in [4.78, 5) is 24.3. The average molecular weight is 286 g/mol. The van der Waals surface area contributed by atoms with Crippen molar-refractivity contribution >= 4 is 12.0 Å². The molecule has 0 aromatic rings. The van der Waals surface area contributed by atoms with Crippen molar-refractivity contribution in [3.8, 4) is 0 Å². The lowest BCUT2D eigenvalue weighted by atomic mass is 9.84. The second kappa shape index (κ2) is 8.82. The van der Waals surface area contributed by atoms with E-state index in [4.69, 9.17) is 5.11 Å². The number of amides is 2. The Hall–Kier alpha value is -1.26. The Bertz CT molecular complexity index is 312. The first-order valence-electron chi connectivity index (χ1n) is 7.46. The minimum atomic E-state index is -0.768. The Morgan fingerprint density at radius 1 is 1.20 bits per heavy atom. The van der Waals surface area contributed by atoms with Crippen LogP contribution in [0.4, 0.5) is 4.79 Å². The third-order valence-corrected chi connectivity index (χ3v) is 3.90. The maximum Gasteiger partial charge on any atom is 0.317 e. The van der Waals surface area contributed by atoms with E-state index in [9.17, 15) is 9.59 Å². The molecule has 0 heterocycles. The van der Waals surface area contributed by atoms with Crippen LogP contribution in [-0.2, 0) is 4.79 Å². The predicted octanol–water partition coefficient (Wildman–Crippen LogP) is 3.10. The summed E-state index contributed by atoms with van der Waals surface area (Å²) in [5.74, 6) is -0.768. The molecular weight excluding hydrogens is 256 g/mol. The first kappa shape index (κ1) is 18.7. The fourth-order valence-corrected chi connectivity index (χ4v) is 2.21. The molecule has 0 aromatic heterocycles. The van der Waals surface area contributed by atoms with Gasteiger partial charge < -0.3 is 15.3 Å². The molecule has 0 aliphatic rings. The number of rotatable bonds is 9. The van der Waals surface area contributed by atoms with E-state index >= 15 is 0 Å². The largest absolute Gasteiger partial charge is 0.481 e. The van der Waals surface area contributed by atoms with Crippen LogP contribution in [0.2, 0.25) is 0 Å². The molecule has 0 fully saturated rings. The molecule has 0 atom stereocenters. The van der Waals surface area contributed by atoms with Crippen molar-refractivity contribution in [1.82, 2.24) is 10.2 Å². The van der Waals surface area contributed by atoms with Crippen molar-refractivity contribution in [3.63, 3.8) is 0 Å². The van der Waals surface area contributed by atoms with Crippen LogP contribution in [0, 0.1) is 5.41 Å². The molecule has 5 nitrogen and oxygen atoms in total. The first-order chi connectivity index (χ1) is 9.23. The van der Waals surface area contributed by atoms with Crippen LogP contribution < -0.4 is 5.32 Å². The molecule has 0 aliphatic carbocycles. The van der Waals surface area contributed by atoms with E-state index in [1.54, 1.807) is 4.90 Å². The zero-order valence-electron chi connectivity index (χ0n) is 13.5. The minimum Gasteiger partial charge on any atom is -0.481 e. The monoisotopic (exact) mass is 286 g/mol. The zero-order valence-corrected chi connectivity index (χ0v) is 13.5. The summed E-state index contributed by atoms with van der Waals surface area (Å²) in [6.45, 7) is 8.80. The number of hydrogen-bond acceptors (Lipinski definition) is 2. The van der Waals surface area contributed by atoms with Gasteiger partial charge in [0.1, 0.15) is 0 Å². The first-order valence-corrected chi connectivity index (χ1v) is 7.46. The summed E-state index contributed by atoms with van der Waals surface area (Å²) in [6.07, 6.45) is 3.48. The lowest BCUT2D eigenvalue weighted by Gasteiger charge is -2.28. The summed E-state index contributed by atoms with van der Waals surface area (Å²) in [6, 6.07) is 0.225. The van der Waals surface area contributed by atoms with E-state index < -0.39 is 5.97 Å². The van der Waals surface area contributed by atoms with E-state index in [0.29, 0.717) is 13.0 Å². The lowest BCUT2D eigenvalue weighted by Crippen LogP contribution is -2.44. The van der Waals surface area contributed by atoms with Gasteiger partial charge in [-0.3, -0.25) is 4.79 Å². The van der Waals surface area contributed by atoms with Gasteiger partial charge in [0.15, 0.2) is 0 Å². The maximum atomic E-state index is 12.0. The van der Waals surface area contributed by atoms with E-state index in [0.717, 1.165) is 19.3 Å². The van der Waals surface area contributed by atoms with Crippen molar-refractivity contribution in [2.75, 3.05) is 13.6 Å². The SMILES string of the molecule is CCC(CC)N(C)C(=O)NCCC(C)(C)CCC(=O)O. The van der Waals surface area contributed by atoms with Crippen molar-refractivity contribution in [3.05, 3.63) is 0 Å². The number of hydrogen-bond donors (Lipinski definition) is 2. The summed E-state index contributed by atoms with van der Waals surface area (Å²) >= 11 is 0. The number of nitrogens with zero attached hydrogens (tertiary/aromatic N) is 1. The van der Waals surface area contributed by atoms with Gasteiger partial charge in [-0.2, -0.15) is 0 Å². The Morgan fingerprint density at radius 2 is 1.75 bits per heavy atom. The number of nitrogens with one attached hydrogen (secondary N) is 1. The van der Waals surface area contributed by atoms with Crippen LogP contribution >= 0.6 is 0 Å². The lowest BCUT2D eigenvalue weighted by molar-refractivity contribution is -0.137. The molecule has 0 saturated heterocycles. The molecule has 0 saturated carbocycles. The van der Waals surface area contributed by atoms with Crippen LogP contribution in [0.25, 0.3) is 0 Å². The van der Waals surface area contributed by atoms with E-state index in [1.807, 2.05) is 20.9 Å². The van der Waals surface area contributed by atoms with E-state index in [2.05, 4.69) is 19.2 Å². The Morgan fingerprint density at radius 3 is 2.20 bits per heavy atom. The minimum absolute atomic E-state index is 0.0484. The Balaban J connectivity index is 4.09. The molecule has 5 heteroatoms. The average Bonchev–Trinajstić information content (AvgIpc) is 2.37. The molecule has 2 amide bonds. The summed E-state index contributed by atoms with van der Waals surface area (Å²) in [5.41, 5.74) is -0.0703. The third-order valence-electron chi connectivity index (χ3n) is 3.90. The zero-order chi connectivity index (χ0) is 15.8. The highest BCUT2D eigenvalue weighted by atomic mass is 16.4. The molecule has 0 aliphatic heterocycles. The topological polar surface area (TPSA) is 69.6 Å². The third kappa shape index (κ3) is 7.36. The Labute approximate surface area is 122 Å². The van der Waals surface area contributed by atoms with Crippen LogP contribution in [0.5, 0.6) is 0 Å². The standard InChI is InChI=1S/C15H30N2O3/c1-6-12(7-2)17(5)14(20)16-11-10-15(3,4)9-8-13(18)19/h12H,6-11H2,1-5H3,(H,16,20)(H,18,19). The Kier molecular flexibility index (Phi) is 8.26. The van der Waals surface area contributed by atoms with Gasteiger partial charge in [0.25, 0.3) is 0 Å². The number of urea groups is 1. The summed E-state index contributed by atoms with van der Waals surface area (Å²) < 4.78 is 0. The molecule has 2 N–H and O–H groups in total. The predicted molar refractivity (Wildman–Crippen MR) is 80.8 cm³/mol. The van der Waals surface area contributed by atoms with E-state index in [-0.39, 0.29) is 23.9 Å². The number of carboxylic acid groups (broad SMARTS) is 1. The van der Waals surface area contributed by atoms with E-state index in [1.165, 1.54) is 0 Å². The second-order valence-electron chi connectivity index (χ2n) is 6.12. The normalized spacial score (nSPS) is 11.5. The highest BCUT2D eigenvalue weighted by molar-refractivity contribution is 5.74. The number of carbonyl (C=O) groups excluding carboxylic acids is 1. The van der Waals surface area contributed by atoms with Gasteiger partial charge >= 0.3 is 12.0 Å². The van der Waals surface area contributed by atoms with Crippen molar-refractivity contribution < 1.29 is 14.7 Å². The molecule has 0 unspecified atom stereocenters. The van der Waals surface area contributed by atoms with Gasteiger partial charge in [0.05, 0.1) is 0 Å². The summed E-state index contributed by atoms with van der Waals surface area (Å²) in [5, 5.41) is 11.6. The van der Waals surface area contributed by atoms with Gasteiger partial charge in [-0.05, 0) is 31.1 Å². The number of aliphatic carboxylic acids is 1. The smallest absolute Gasteiger partial charge is 0.317 e. The fraction of sp³-hybridized carbons (Fsp3) is 0.867. The molecule has 0 rings (SSSR count).